The lowest BCUT2D eigenvalue weighted by Gasteiger charge is -2.34. The Morgan fingerprint density at radius 2 is 1.94 bits per heavy atom. The lowest BCUT2D eigenvalue weighted by molar-refractivity contribution is -0.586. The van der Waals surface area contributed by atoms with E-state index in [2.05, 4.69) is 0 Å². The normalized spacial score (nSPS) is 25.3. The fourth-order valence-corrected chi connectivity index (χ4v) is 2.23. The van der Waals surface area contributed by atoms with Crippen LogP contribution in [0.1, 0.15) is 38.8 Å². The first kappa shape index (κ1) is 13.0. The van der Waals surface area contributed by atoms with E-state index in [4.69, 9.17) is 4.84 Å². The number of nitro groups is 1. The van der Waals surface area contributed by atoms with Crippen LogP contribution >= 0.6 is 0 Å². The molecule has 1 heterocycles. The van der Waals surface area contributed by atoms with E-state index in [1.54, 1.807) is 5.06 Å². The fourth-order valence-electron chi connectivity index (χ4n) is 2.23. The maximum absolute atomic E-state index is 10.9. The third kappa shape index (κ3) is 2.52. The highest BCUT2D eigenvalue weighted by Crippen LogP contribution is 2.39. The Kier molecular flexibility index (Phi) is 3.36. The predicted molar refractivity (Wildman–Crippen MR) is 67.3 cm³/mol. The van der Waals surface area contributed by atoms with Gasteiger partial charge in [0, 0.05) is 5.54 Å². The zero-order valence-electron chi connectivity index (χ0n) is 10.9. The number of hydroxylamine groups is 2. The molecule has 1 aliphatic rings. The van der Waals surface area contributed by atoms with Crippen LogP contribution in [-0.4, -0.2) is 21.8 Å². The van der Waals surface area contributed by atoms with Crippen LogP contribution in [0.3, 0.4) is 0 Å². The molecule has 98 valence electrons. The highest BCUT2D eigenvalue weighted by atomic mass is 16.8. The van der Waals surface area contributed by atoms with Gasteiger partial charge in [-0.15, -0.1) is 0 Å². The van der Waals surface area contributed by atoms with Crippen molar-refractivity contribution < 1.29 is 9.76 Å². The van der Waals surface area contributed by atoms with Crippen molar-refractivity contribution >= 4 is 0 Å². The third-order valence-corrected chi connectivity index (χ3v) is 3.02. The molecule has 0 saturated carbocycles. The van der Waals surface area contributed by atoms with Crippen LogP contribution in [0.2, 0.25) is 0 Å². The first-order valence-electron chi connectivity index (χ1n) is 6.04. The SMILES string of the molecule is CC(C)(C)N1OC([N+](=O)[O-])CC1c1ccccc1. The van der Waals surface area contributed by atoms with E-state index in [9.17, 15) is 10.1 Å². The Morgan fingerprint density at radius 1 is 1.33 bits per heavy atom. The summed E-state index contributed by atoms with van der Waals surface area (Å²) >= 11 is 0. The van der Waals surface area contributed by atoms with Crippen molar-refractivity contribution in [3.8, 4) is 0 Å². The molecule has 0 amide bonds. The summed E-state index contributed by atoms with van der Waals surface area (Å²) in [6, 6.07) is 9.71. The molecule has 0 radical (unpaired) electrons. The maximum atomic E-state index is 10.9. The summed E-state index contributed by atoms with van der Waals surface area (Å²) in [4.78, 5) is 16.0. The van der Waals surface area contributed by atoms with Crippen LogP contribution in [0, 0.1) is 10.1 Å². The highest BCUT2D eigenvalue weighted by molar-refractivity contribution is 5.19. The first-order chi connectivity index (χ1) is 8.39. The smallest absolute Gasteiger partial charge is 0.262 e. The van der Waals surface area contributed by atoms with Gasteiger partial charge in [-0.25, -0.2) is 4.84 Å². The molecule has 1 aromatic carbocycles. The van der Waals surface area contributed by atoms with E-state index in [1.165, 1.54) is 0 Å². The van der Waals surface area contributed by atoms with Crippen molar-refractivity contribution in [2.45, 2.75) is 45.0 Å². The molecular formula is C13H18N2O3. The maximum Gasteiger partial charge on any atom is 0.332 e. The minimum atomic E-state index is -0.950. The van der Waals surface area contributed by atoms with E-state index < -0.39 is 6.23 Å². The van der Waals surface area contributed by atoms with Crippen molar-refractivity contribution in [3.05, 3.63) is 46.0 Å². The molecule has 0 aliphatic carbocycles. The summed E-state index contributed by atoms with van der Waals surface area (Å²) in [6.45, 7) is 5.97. The molecule has 0 bridgehead atoms. The summed E-state index contributed by atoms with van der Waals surface area (Å²) in [5.41, 5.74) is 0.780. The van der Waals surface area contributed by atoms with Crippen molar-refractivity contribution in [1.29, 1.82) is 0 Å². The van der Waals surface area contributed by atoms with Gasteiger partial charge in [-0.2, -0.15) is 5.06 Å². The molecule has 5 nitrogen and oxygen atoms in total. The predicted octanol–water partition coefficient (Wildman–Crippen LogP) is 2.77. The number of benzene rings is 1. The summed E-state index contributed by atoms with van der Waals surface area (Å²) < 4.78 is 0. The molecule has 2 unspecified atom stereocenters. The molecule has 1 aromatic rings. The van der Waals surface area contributed by atoms with Gasteiger partial charge in [0.2, 0.25) is 0 Å². The number of nitrogens with zero attached hydrogens (tertiary/aromatic N) is 2. The standard InChI is InChI=1S/C13H18N2O3/c1-13(2,3)14-11(9-12(18-14)15(16)17)10-7-5-4-6-8-10/h4-8,11-12H,9H2,1-3H3. The van der Waals surface area contributed by atoms with Crippen molar-refractivity contribution in [1.82, 2.24) is 5.06 Å². The van der Waals surface area contributed by atoms with Gasteiger partial charge in [-0.1, -0.05) is 30.3 Å². The molecule has 1 fully saturated rings. The van der Waals surface area contributed by atoms with E-state index >= 15 is 0 Å². The van der Waals surface area contributed by atoms with Gasteiger partial charge in [0.15, 0.2) is 0 Å². The number of hydrogen-bond acceptors (Lipinski definition) is 4. The van der Waals surface area contributed by atoms with Crippen LogP contribution in [0.25, 0.3) is 0 Å². The second kappa shape index (κ2) is 4.66. The van der Waals surface area contributed by atoms with Crippen molar-refractivity contribution in [2.75, 3.05) is 0 Å². The quantitative estimate of drug-likeness (QED) is 0.598. The lowest BCUT2D eigenvalue weighted by atomic mass is 9.99. The zero-order chi connectivity index (χ0) is 13.3. The Morgan fingerprint density at radius 3 is 2.44 bits per heavy atom. The topological polar surface area (TPSA) is 55.6 Å². The van der Waals surface area contributed by atoms with Crippen LogP contribution in [0.4, 0.5) is 0 Å². The van der Waals surface area contributed by atoms with E-state index in [-0.39, 0.29) is 16.5 Å². The van der Waals surface area contributed by atoms with Crippen LogP contribution in [0.5, 0.6) is 0 Å². The molecule has 0 aromatic heterocycles. The van der Waals surface area contributed by atoms with Crippen molar-refractivity contribution in [2.24, 2.45) is 0 Å². The van der Waals surface area contributed by atoms with E-state index in [0.717, 1.165) is 5.56 Å². The van der Waals surface area contributed by atoms with Gasteiger partial charge in [0.1, 0.15) is 0 Å². The zero-order valence-corrected chi connectivity index (χ0v) is 10.9. The summed E-state index contributed by atoms with van der Waals surface area (Å²) in [7, 11) is 0. The average Bonchev–Trinajstić information content (AvgIpc) is 2.74. The Bertz CT molecular complexity index is 428. The second-order valence-electron chi connectivity index (χ2n) is 5.50. The summed E-state index contributed by atoms with van der Waals surface area (Å²) in [5, 5.41) is 12.7. The number of hydrogen-bond donors (Lipinski definition) is 0. The Labute approximate surface area is 106 Å². The highest BCUT2D eigenvalue weighted by Gasteiger charge is 2.45. The lowest BCUT2D eigenvalue weighted by Crippen LogP contribution is -2.40. The molecule has 0 spiro atoms. The van der Waals surface area contributed by atoms with Gasteiger partial charge in [0.05, 0.1) is 17.4 Å². The Hall–Kier alpha value is -1.46. The molecule has 5 heteroatoms. The molecule has 18 heavy (non-hydrogen) atoms. The minimum Gasteiger partial charge on any atom is -0.262 e. The van der Waals surface area contributed by atoms with Gasteiger partial charge < -0.3 is 0 Å². The first-order valence-corrected chi connectivity index (χ1v) is 6.04. The summed E-state index contributed by atoms with van der Waals surface area (Å²) in [6.07, 6.45) is -0.566. The van der Waals surface area contributed by atoms with Crippen LogP contribution in [-0.2, 0) is 4.84 Å². The largest absolute Gasteiger partial charge is 0.332 e. The molecule has 1 aliphatic heterocycles. The van der Waals surface area contributed by atoms with Gasteiger partial charge in [-0.3, -0.25) is 10.1 Å². The second-order valence-corrected chi connectivity index (χ2v) is 5.50. The number of rotatable bonds is 2. The van der Waals surface area contributed by atoms with Gasteiger partial charge in [-0.05, 0) is 26.3 Å². The summed E-state index contributed by atoms with van der Waals surface area (Å²) in [5.74, 6) is 0. The van der Waals surface area contributed by atoms with Gasteiger partial charge in [0.25, 0.3) is 0 Å². The van der Waals surface area contributed by atoms with Crippen LogP contribution < -0.4 is 0 Å². The molecule has 0 N–H and O–H groups in total. The average molecular weight is 250 g/mol. The fraction of sp³-hybridized carbons (Fsp3) is 0.538. The minimum absolute atomic E-state index is 0.0680. The third-order valence-electron chi connectivity index (χ3n) is 3.02. The molecule has 2 rings (SSSR count). The van der Waals surface area contributed by atoms with Crippen LogP contribution in [0.15, 0.2) is 30.3 Å². The van der Waals surface area contributed by atoms with E-state index in [0.29, 0.717) is 6.42 Å². The van der Waals surface area contributed by atoms with E-state index in [1.807, 2.05) is 51.1 Å². The molecule has 1 saturated heterocycles. The Balaban J connectivity index is 2.29. The van der Waals surface area contributed by atoms with Gasteiger partial charge >= 0.3 is 6.23 Å². The molecular weight excluding hydrogens is 232 g/mol. The molecule has 2 atom stereocenters. The van der Waals surface area contributed by atoms with Crippen molar-refractivity contribution in [3.63, 3.8) is 0 Å². The monoisotopic (exact) mass is 250 g/mol.